The summed E-state index contributed by atoms with van der Waals surface area (Å²) in [5.41, 5.74) is 0.342. The normalized spacial score (nSPS) is 10.9. The Bertz CT molecular complexity index is 511. The fourth-order valence-electron chi connectivity index (χ4n) is 1.27. The number of aliphatic carboxylic acids is 1. The van der Waals surface area contributed by atoms with Gasteiger partial charge >= 0.3 is 5.97 Å². The van der Waals surface area contributed by atoms with Gasteiger partial charge in [-0.1, -0.05) is 17.7 Å². The highest BCUT2D eigenvalue weighted by Crippen LogP contribution is 2.25. The van der Waals surface area contributed by atoms with Crippen molar-refractivity contribution in [3.05, 3.63) is 34.5 Å². The molecule has 0 unspecified atom stereocenters. The number of ether oxygens (including phenoxy) is 1. The number of hydrogen-bond donors (Lipinski definition) is 2. The molecule has 1 aromatic rings. The molecular formula is C12H12ClNO4. The van der Waals surface area contributed by atoms with Gasteiger partial charge in [0.05, 0.1) is 12.1 Å². The molecule has 0 saturated carbocycles. The molecule has 0 heterocycles. The molecule has 0 bridgehead atoms. The molecule has 0 aliphatic heterocycles. The molecule has 5 nitrogen and oxygen atoms in total. The van der Waals surface area contributed by atoms with Crippen molar-refractivity contribution in [3.8, 4) is 5.75 Å². The number of carbonyl (C=O) groups excluding carboxylic acids is 1. The number of methoxy groups -OCH3 is 1. The molecule has 1 amide bonds. The van der Waals surface area contributed by atoms with E-state index in [1.807, 2.05) is 0 Å². The lowest BCUT2D eigenvalue weighted by molar-refractivity contribution is -0.134. The Kier molecular flexibility index (Phi) is 4.74. The van der Waals surface area contributed by atoms with Gasteiger partial charge in [0, 0.05) is 6.92 Å². The van der Waals surface area contributed by atoms with E-state index in [9.17, 15) is 9.59 Å². The molecule has 0 radical (unpaired) electrons. The molecule has 1 aromatic carbocycles. The Hall–Kier alpha value is -2.01. The van der Waals surface area contributed by atoms with Gasteiger partial charge in [-0.05, 0) is 23.8 Å². The number of carboxylic acids is 1. The Balaban J connectivity index is 3.11. The number of carbonyl (C=O) groups is 2. The second-order valence-corrected chi connectivity index (χ2v) is 3.85. The number of hydrogen-bond acceptors (Lipinski definition) is 3. The van der Waals surface area contributed by atoms with Gasteiger partial charge in [0.1, 0.15) is 11.4 Å². The Labute approximate surface area is 109 Å². The zero-order valence-corrected chi connectivity index (χ0v) is 10.6. The van der Waals surface area contributed by atoms with Crippen molar-refractivity contribution in [1.82, 2.24) is 5.32 Å². The van der Waals surface area contributed by atoms with Crippen LogP contribution in [0.25, 0.3) is 6.08 Å². The van der Waals surface area contributed by atoms with Crippen LogP contribution in [0.2, 0.25) is 5.02 Å². The lowest BCUT2D eigenvalue weighted by Crippen LogP contribution is -2.24. The first kappa shape index (κ1) is 14.1. The topological polar surface area (TPSA) is 75.6 Å². The second-order valence-electron chi connectivity index (χ2n) is 3.44. The SMILES string of the molecule is COc1cc(/C=C(/NC(C)=O)C(=O)O)ccc1Cl. The Morgan fingerprint density at radius 3 is 2.61 bits per heavy atom. The van der Waals surface area contributed by atoms with Crippen molar-refractivity contribution in [1.29, 1.82) is 0 Å². The van der Waals surface area contributed by atoms with E-state index >= 15 is 0 Å². The zero-order valence-electron chi connectivity index (χ0n) is 9.86. The summed E-state index contributed by atoms with van der Waals surface area (Å²) in [5, 5.41) is 11.6. The minimum Gasteiger partial charge on any atom is -0.495 e. The fraction of sp³-hybridized carbons (Fsp3) is 0.167. The minimum atomic E-state index is -1.22. The molecule has 0 aliphatic carbocycles. The van der Waals surface area contributed by atoms with E-state index in [-0.39, 0.29) is 5.70 Å². The van der Waals surface area contributed by atoms with Gasteiger partial charge in [0.2, 0.25) is 5.91 Å². The minimum absolute atomic E-state index is 0.216. The maximum absolute atomic E-state index is 10.9. The van der Waals surface area contributed by atoms with Gasteiger partial charge < -0.3 is 15.2 Å². The number of carboxylic acid groups (broad SMARTS) is 1. The predicted octanol–water partition coefficient (Wildman–Crippen LogP) is 1.91. The maximum Gasteiger partial charge on any atom is 0.352 e. The number of nitrogens with one attached hydrogen (secondary N) is 1. The molecule has 2 N–H and O–H groups in total. The maximum atomic E-state index is 10.9. The standard InChI is InChI=1S/C12H12ClNO4/c1-7(15)14-10(12(16)17)5-8-3-4-9(13)11(6-8)18-2/h3-6H,1-2H3,(H,14,15)(H,16,17)/b10-5+. The Morgan fingerprint density at radius 1 is 1.44 bits per heavy atom. The largest absolute Gasteiger partial charge is 0.495 e. The number of amides is 1. The molecule has 0 aromatic heterocycles. The van der Waals surface area contributed by atoms with E-state index in [2.05, 4.69) is 5.32 Å². The highest BCUT2D eigenvalue weighted by atomic mass is 35.5. The van der Waals surface area contributed by atoms with Gasteiger partial charge in [0.25, 0.3) is 0 Å². The highest BCUT2D eigenvalue weighted by Gasteiger charge is 2.09. The van der Waals surface area contributed by atoms with Gasteiger partial charge in [-0.25, -0.2) is 4.79 Å². The van der Waals surface area contributed by atoms with E-state index in [1.165, 1.54) is 20.1 Å². The van der Waals surface area contributed by atoms with Gasteiger partial charge in [-0.15, -0.1) is 0 Å². The van der Waals surface area contributed by atoms with Gasteiger partial charge in [0.15, 0.2) is 0 Å². The lowest BCUT2D eigenvalue weighted by atomic mass is 10.2. The van der Waals surface area contributed by atoms with Crippen molar-refractivity contribution >= 4 is 29.6 Å². The molecule has 1 rings (SSSR count). The number of halogens is 1. The summed E-state index contributed by atoms with van der Waals surface area (Å²) in [6.45, 7) is 1.24. The van der Waals surface area contributed by atoms with Crippen molar-refractivity contribution < 1.29 is 19.4 Å². The van der Waals surface area contributed by atoms with Crippen LogP contribution in [0.5, 0.6) is 5.75 Å². The van der Waals surface area contributed by atoms with Crippen molar-refractivity contribution in [2.75, 3.05) is 7.11 Å². The molecule has 0 saturated heterocycles. The smallest absolute Gasteiger partial charge is 0.352 e. The van der Waals surface area contributed by atoms with E-state index in [1.54, 1.807) is 18.2 Å². The molecule has 0 spiro atoms. The third kappa shape index (κ3) is 3.78. The van der Waals surface area contributed by atoms with Crippen LogP contribution in [-0.4, -0.2) is 24.1 Å². The first-order chi connectivity index (χ1) is 8.43. The van der Waals surface area contributed by atoms with Crippen LogP contribution in [0, 0.1) is 0 Å². The molecule has 18 heavy (non-hydrogen) atoms. The third-order valence-corrected chi connectivity index (χ3v) is 2.34. The first-order valence-electron chi connectivity index (χ1n) is 5.00. The summed E-state index contributed by atoms with van der Waals surface area (Å²) in [6, 6.07) is 4.78. The average Bonchev–Trinajstić information content (AvgIpc) is 2.29. The highest BCUT2D eigenvalue weighted by molar-refractivity contribution is 6.32. The van der Waals surface area contributed by atoms with Crippen LogP contribution in [0.1, 0.15) is 12.5 Å². The van der Waals surface area contributed by atoms with Crippen molar-refractivity contribution in [2.24, 2.45) is 0 Å². The van der Waals surface area contributed by atoms with Crippen LogP contribution in [-0.2, 0) is 9.59 Å². The summed E-state index contributed by atoms with van der Waals surface area (Å²) < 4.78 is 5.01. The van der Waals surface area contributed by atoms with Crippen LogP contribution >= 0.6 is 11.6 Å². The molecule has 96 valence electrons. The predicted molar refractivity (Wildman–Crippen MR) is 67.4 cm³/mol. The first-order valence-corrected chi connectivity index (χ1v) is 5.38. The van der Waals surface area contributed by atoms with E-state index in [0.717, 1.165) is 0 Å². The summed E-state index contributed by atoms with van der Waals surface area (Å²) in [7, 11) is 1.46. The van der Waals surface area contributed by atoms with E-state index < -0.39 is 11.9 Å². The van der Waals surface area contributed by atoms with Crippen LogP contribution in [0.4, 0.5) is 0 Å². The molecule has 0 aliphatic rings. The molecule has 6 heteroatoms. The summed E-state index contributed by atoms with van der Waals surface area (Å²) >= 11 is 5.85. The summed E-state index contributed by atoms with van der Waals surface area (Å²) in [6.07, 6.45) is 1.32. The summed E-state index contributed by atoms with van der Waals surface area (Å²) in [5.74, 6) is -1.25. The molecule has 0 fully saturated rings. The summed E-state index contributed by atoms with van der Waals surface area (Å²) in [4.78, 5) is 21.8. The van der Waals surface area contributed by atoms with E-state index in [0.29, 0.717) is 16.3 Å². The number of rotatable bonds is 4. The van der Waals surface area contributed by atoms with Crippen LogP contribution < -0.4 is 10.1 Å². The lowest BCUT2D eigenvalue weighted by Gasteiger charge is -2.06. The number of benzene rings is 1. The molecular weight excluding hydrogens is 258 g/mol. The van der Waals surface area contributed by atoms with Crippen LogP contribution in [0.15, 0.2) is 23.9 Å². The molecule has 0 atom stereocenters. The van der Waals surface area contributed by atoms with Crippen molar-refractivity contribution in [2.45, 2.75) is 6.92 Å². The third-order valence-electron chi connectivity index (χ3n) is 2.03. The fourth-order valence-corrected chi connectivity index (χ4v) is 1.47. The van der Waals surface area contributed by atoms with Crippen LogP contribution in [0.3, 0.4) is 0 Å². The quantitative estimate of drug-likeness (QED) is 0.819. The average molecular weight is 270 g/mol. The van der Waals surface area contributed by atoms with Gasteiger partial charge in [-0.2, -0.15) is 0 Å². The second kappa shape index (κ2) is 6.07. The van der Waals surface area contributed by atoms with Crippen molar-refractivity contribution in [3.63, 3.8) is 0 Å². The Morgan fingerprint density at radius 2 is 2.11 bits per heavy atom. The van der Waals surface area contributed by atoms with E-state index in [4.69, 9.17) is 21.4 Å². The zero-order chi connectivity index (χ0) is 13.7. The monoisotopic (exact) mass is 269 g/mol. The van der Waals surface area contributed by atoms with Gasteiger partial charge in [-0.3, -0.25) is 4.79 Å².